The van der Waals surface area contributed by atoms with Crippen LogP contribution in [0.2, 0.25) is 0 Å². The van der Waals surface area contributed by atoms with Crippen molar-refractivity contribution in [2.45, 2.75) is 6.54 Å². The van der Waals surface area contributed by atoms with Crippen molar-refractivity contribution in [1.29, 1.82) is 5.26 Å². The quantitative estimate of drug-likeness (QED) is 0.806. The Morgan fingerprint density at radius 2 is 1.95 bits per heavy atom. The van der Waals surface area contributed by atoms with E-state index < -0.39 is 0 Å². The molecule has 5 nitrogen and oxygen atoms in total. The summed E-state index contributed by atoms with van der Waals surface area (Å²) < 4.78 is 0. The van der Waals surface area contributed by atoms with Gasteiger partial charge >= 0.3 is 0 Å². The highest BCUT2D eigenvalue weighted by Crippen LogP contribution is 2.17. The molecule has 5 heteroatoms. The van der Waals surface area contributed by atoms with Crippen LogP contribution in [0.5, 0.6) is 0 Å². The lowest BCUT2D eigenvalue weighted by molar-refractivity contribution is 0.0781. The number of H-pyrrole nitrogens is 1. The van der Waals surface area contributed by atoms with E-state index in [-0.39, 0.29) is 5.91 Å². The molecule has 0 radical (unpaired) electrons. The Morgan fingerprint density at radius 1 is 1.23 bits per heavy atom. The number of hydrogen-bond acceptors (Lipinski definition) is 3. The number of fused-ring (bicyclic) bond motifs is 1. The van der Waals surface area contributed by atoms with Gasteiger partial charge in [-0.1, -0.05) is 30.3 Å². The second-order valence-corrected chi connectivity index (χ2v) is 5.09. The van der Waals surface area contributed by atoms with E-state index in [0.29, 0.717) is 17.8 Å². The summed E-state index contributed by atoms with van der Waals surface area (Å²) in [5.41, 5.74) is 2.84. The molecule has 0 saturated carbocycles. The predicted octanol–water partition coefficient (Wildman–Crippen LogP) is 2.71. The zero-order valence-electron chi connectivity index (χ0n) is 12.1. The molecule has 1 heterocycles. The minimum atomic E-state index is -0.137. The van der Waals surface area contributed by atoms with Gasteiger partial charge in [0, 0.05) is 19.0 Å². The second-order valence-electron chi connectivity index (χ2n) is 5.09. The number of carbonyl (C=O) groups excluding carboxylic acids is 1. The van der Waals surface area contributed by atoms with Crippen molar-refractivity contribution in [3.05, 3.63) is 65.4 Å². The average molecular weight is 290 g/mol. The van der Waals surface area contributed by atoms with Crippen LogP contribution in [0.25, 0.3) is 10.9 Å². The summed E-state index contributed by atoms with van der Waals surface area (Å²) in [5, 5.41) is 16.6. The maximum atomic E-state index is 12.5. The highest BCUT2D eigenvalue weighted by Gasteiger charge is 2.18. The van der Waals surface area contributed by atoms with Gasteiger partial charge in [0.25, 0.3) is 5.91 Å². The predicted molar refractivity (Wildman–Crippen MR) is 83.0 cm³/mol. The van der Waals surface area contributed by atoms with Crippen molar-refractivity contribution in [2.75, 3.05) is 7.05 Å². The summed E-state index contributed by atoms with van der Waals surface area (Å²) in [6, 6.07) is 16.8. The molecule has 0 atom stereocenters. The number of nitrogens with zero attached hydrogens (tertiary/aromatic N) is 3. The number of aromatic nitrogens is 2. The number of benzene rings is 2. The largest absolute Gasteiger partial charge is 0.336 e. The van der Waals surface area contributed by atoms with E-state index in [1.54, 1.807) is 24.1 Å². The Kier molecular flexibility index (Phi) is 3.58. The molecule has 2 aromatic carbocycles. The van der Waals surface area contributed by atoms with E-state index in [1.165, 1.54) is 0 Å². The van der Waals surface area contributed by atoms with E-state index in [2.05, 4.69) is 16.3 Å². The molecule has 22 heavy (non-hydrogen) atoms. The number of nitrogens with one attached hydrogen (secondary N) is 1. The van der Waals surface area contributed by atoms with E-state index in [1.807, 2.05) is 36.4 Å². The first kappa shape index (κ1) is 13.8. The van der Waals surface area contributed by atoms with Gasteiger partial charge in [-0.3, -0.25) is 9.89 Å². The number of rotatable bonds is 3. The zero-order valence-corrected chi connectivity index (χ0v) is 12.1. The first-order valence-electron chi connectivity index (χ1n) is 6.86. The molecule has 3 rings (SSSR count). The van der Waals surface area contributed by atoms with Crippen LogP contribution in [-0.2, 0) is 6.54 Å². The van der Waals surface area contributed by atoms with E-state index in [4.69, 9.17) is 5.26 Å². The van der Waals surface area contributed by atoms with E-state index >= 15 is 0 Å². The summed E-state index contributed by atoms with van der Waals surface area (Å²) in [4.78, 5) is 14.2. The SMILES string of the molecule is CN(Cc1ccc(C#N)cc1)C(=O)c1n[nH]c2ccccc12. The third-order valence-electron chi connectivity index (χ3n) is 3.52. The summed E-state index contributed by atoms with van der Waals surface area (Å²) in [5.74, 6) is -0.137. The van der Waals surface area contributed by atoms with Gasteiger partial charge in [-0.05, 0) is 23.8 Å². The molecule has 0 bridgehead atoms. The topological polar surface area (TPSA) is 72.8 Å². The first-order valence-corrected chi connectivity index (χ1v) is 6.86. The van der Waals surface area contributed by atoms with Crippen molar-refractivity contribution in [2.24, 2.45) is 0 Å². The number of carbonyl (C=O) groups is 1. The molecule has 1 N–H and O–H groups in total. The normalized spacial score (nSPS) is 10.4. The molecule has 0 aliphatic heterocycles. The van der Waals surface area contributed by atoms with Gasteiger partial charge in [-0.15, -0.1) is 0 Å². The summed E-state index contributed by atoms with van der Waals surface area (Å²) in [7, 11) is 1.74. The highest BCUT2D eigenvalue weighted by molar-refractivity contribution is 6.04. The number of hydrogen-bond donors (Lipinski definition) is 1. The minimum Gasteiger partial charge on any atom is -0.336 e. The number of aromatic amines is 1. The van der Waals surface area contributed by atoms with Crippen LogP contribution in [-0.4, -0.2) is 28.1 Å². The number of nitriles is 1. The molecule has 0 aliphatic rings. The van der Waals surface area contributed by atoms with Crippen molar-refractivity contribution in [1.82, 2.24) is 15.1 Å². The summed E-state index contributed by atoms with van der Waals surface area (Å²) in [6.45, 7) is 0.464. The van der Waals surface area contributed by atoms with E-state index in [9.17, 15) is 4.79 Å². The minimum absolute atomic E-state index is 0.137. The lowest BCUT2D eigenvalue weighted by atomic mass is 10.1. The van der Waals surface area contributed by atoms with Gasteiger partial charge in [-0.25, -0.2) is 0 Å². The highest BCUT2D eigenvalue weighted by atomic mass is 16.2. The second kappa shape index (κ2) is 5.70. The van der Waals surface area contributed by atoms with Crippen LogP contribution in [0.1, 0.15) is 21.6 Å². The molecule has 1 aromatic heterocycles. The van der Waals surface area contributed by atoms with Crippen LogP contribution in [0.3, 0.4) is 0 Å². The van der Waals surface area contributed by atoms with Gasteiger partial charge in [0.2, 0.25) is 0 Å². The zero-order chi connectivity index (χ0) is 15.5. The average Bonchev–Trinajstić information content (AvgIpc) is 2.99. The molecule has 0 saturated heterocycles. The molecule has 1 amide bonds. The van der Waals surface area contributed by atoms with Gasteiger partial charge in [-0.2, -0.15) is 10.4 Å². The Bertz CT molecular complexity index is 858. The maximum absolute atomic E-state index is 12.5. The van der Waals surface area contributed by atoms with Gasteiger partial charge in [0.1, 0.15) is 0 Å². The molecule has 0 aliphatic carbocycles. The molecule has 0 fully saturated rings. The van der Waals surface area contributed by atoms with E-state index in [0.717, 1.165) is 16.5 Å². The maximum Gasteiger partial charge on any atom is 0.275 e. The van der Waals surface area contributed by atoms with Gasteiger partial charge < -0.3 is 4.90 Å². The fourth-order valence-corrected chi connectivity index (χ4v) is 2.34. The third kappa shape index (κ3) is 2.54. The van der Waals surface area contributed by atoms with Crippen LogP contribution >= 0.6 is 0 Å². The number of amides is 1. The number of para-hydroxylation sites is 1. The van der Waals surface area contributed by atoms with Crippen molar-refractivity contribution >= 4 is 16.8 Å². The summed E-state index contributed by atoms with van der Waals surface area (Å²) in [6.07, 6.45) is 0. The molecule has 0 spiro atoms. The Hall–Kier alpha value is -3.13. The Balaban J connectivity index is 1.80. The molecular weight excluding hydrogens is 276 g/mol. The summed E-state index contributed by atoms with van der Waals surface area (Å²) >= 11 is 0. The van der Waals surface area contributed by atoms with Crippen molar-refractivity contribution in [3.8, 4) is 6.07 Å². The smallest absolute Gasteiger partial charge is 0.275 e. The molecular formula is C17H14N4O. The Morgan fingerprint density at radius 3 is 2.68 bits per heavy atom. The lowest BCUT2D eigenvalue weighted by Gasteiger charge is -2.16. The molecule has 0 unspecified atom stereocenters. The Labute approximate surface area is 127 Å². The van der Waals surface area contributed by atoms with Crippen LogP contribution in [0.4, 0.5) is 0 Å². The third-order valence-corrected chi connectivity index (χ3v) is 3.52. The lowest BCUT2D eigenvalue weighted by Crippen LogP contribution is -2.26. The molecule has 108 valence electrons. The van der Waals surface area contributed by atoms with Crippen LogP contribution < -0.4 is 0 Å². The first-order chi connectivity index (χ1) is 10.7. The van der Waals surface area contributed by atoms with Crippen LogP contribution in [0.15, 0.2) is 48.5 Å². The fraction of sp³-hybridized carbons (Fsp3) is 0.118. The van der Waals surface area contributed by atoms with Gasteiger partial charge in [0.05, 0.1) is 17.1 Å². The molecule has 3 aromatic rings. The fourth-order valence-electron chi connectivity index (χ4n) is 2.34. The van der Waals surface area contributed by atoms with Crippen molar-refractivity contribution < 1.29 is 4.79 Å². The van der Waals surface area contributed by atoms with Crippen molar-refractivity contribution in [3.63, 3.8) is 0 Å². The van der Waals surface area contributed by atoms with Crippen LogP contribution in [0, 0.1) is 11.3 Å². The van der Waals surface area contributed by atoms with Gasteiger partial charge in [0.15, 0.2) is 5.69 Å². The standard InChI is InChI=1S/C17H14N4O/c1-21(11-13-8-6-12(10-18)7-9-13)17(22)16-14-4-2-3-5-15(14)19-20-16/h2-9H,11H2,1H3,(H,19,20). The monoisotopic (exact) mass is 290 g/mol.